The molecule has 1 aromatic rings. The van der Waals surface area contributed by atoms with Crippen LogP contribution in [-0.2, 0) is 23.9 Å². The van der Waals surface area contributed by atoms with Crippen molar-refractivity contribution in [1.29, 1.82) is 0 Å². The van der Waals surface area contributed by atoms with Gasteiger partial charge >= 0.3 is 5.97 Å². The van der Waals surface area contributed by atoms with E-state index in [4.69, 9.17) is 9.47 Å². The van der Waals surface area contributed by atoms with Crippen LogP contribution in [-0.4, -0.2) is 89.3 Å². The van der Waals surface area contributed by atoms with Crippen LogP contribution in [0.3, 0.4) is 0 Å². The van der Waals surface area contributed by atoms with Gasteiger partial charge in [-0.2, -0.15) is 0 Å². The molecule has 39 heavy (non-hydrogen) atoms. The van der Waals surface area contributed by atoms with E-state index in [-0.39, 0.29) is 36.4 Å². The normalized spacial score (nSPS) is 29.7. The Morgan fingerprint density at radius 3 is 2.41 bits per heavy atom. The predicted octanol–water partition coefficient (Wildman–Crippen LogP) is 3.13. The van der Waals surface area contributed by atoms with Crippen LogP contribution in [0.15, 0.2) is 36.9 Å². The van der Waals surface area contributed by atoms with Crippen LogP contribution < -0.4 is 9.80 Å². The average Bonchev–Trinajstić information content (AvgIpc) is 3.53. The number of halogens is 1. The molecule has 3 aliphatic rings. The first kappa shape index (κ1) is 29.6. The molecule has 10 heteroatoms. The molecule has 2 bridgehead atoms. The number of rotatable bonds is 12. The molecule has 3 aliphatic heterocycles. The van der Waals surface area contributed by atoms with Gasteiger partial charge in [-0.1, -0.05) is 28.9 Å². The molecule has 4 rings (SSSR count). The van der Waals surface area contributed by atoms with Gasteiger partial charge in [-0.05, 0) is 57.9 Å². The Labute approximate surface area is 239 Å². The molecule has 0 saturated carbocycles. The summed E-state index contributed by atoms with van der Waals surface area (Å²) in [6, 6.07) is 6.15. The van der Waals surface area contributed by atoms with Crippen LogP contribution in [0.4, 0.5) is 11.4 Å². The fraction of sp³-hybridized carbons (Fsp3) is 0.621. The summed E-state index contributed by atoms with van der Waals surface area (Å²) in [5.74, 6) is -2.84. The van der Waals surface area contributed by atoms with E-state index in [1.54, 1.807) is 17.9 Å². The number of esters is 1. The second-order valence-electron chi connectivity index (χ2n) is 10.3. The Hall–Kier alpha value is -2.43. The van der Waals surface area contributed by atoms with Crippen LogP contribution >= 0.6 is 15.9 Å². The van der Waals surface area contributed by atoms with Gasteiger partial charge in [0, 0.05) is 35.8 Å². The molecule has 214 valence electrons. The Kier molecular flexibility index (Phi) is 9.08. The number of carbonyl (C=O) groups excluding carboxylic acids is 3. The highest BCUT2D eigenvalue weighted by molar-refractivity contribution is 9.09. The lowest BCUT2D eigenvalue weighted by Gasteiger charge is -2.39. The van der Waals surface area contributed by atoms with Crippen molar-refractivity contribution in [1.82, 2.24) is 4.90 Å². The quantitative estimate of drug-likeness (QED) is 0.222. The van der Waals surface area contributed by atoms with Crippen LogP contribution in [0.5, 0.6) is 0 Å². The first-order valence-corrected chi connectivity index (χ1v) is 14.8. The molecule has 1 aromatic carbocycles. The first-order valence-electron chi connectivity index (χ1n) is 13.9. The number of nitrogens with zero attached hydrogens (tertiary/aromatic N) is 3. The minimum Gasteiger partial charge on any atom is -0.466 e. The monoisotopic (exact) mass is 605 g/mol. The van der Waals surface area contributed by atoms with Crippen LogP contribution in [0.2, 0.25) is 0 Å². The number of fused-ring (bicyclic) bond motifs is 1. The van der Waals surface area contributed by atoms with E-state index in [1.165, 1.54) is 4.90 Å². The van der Waals surface area contributed by atoms with Crippen LogP contribution in [0.1, 0.15) is 40.5 Å². The van der Waals surface area contributed by atoms with Crippen LogP contribution in [0, 0.1) is 11.8 Å². The molecule has 0 aromatic heterocycles. The van der Waals surface area contributed by atoms with Crippen molar-refractivity contribution in [2.24, 2.45) is 11.8 Å². The van der Waals surface area contributed by atoms with Gasteiger partial charge in [-0.25, -0.2) is 0 Å². The Morgan fingerprint density at radius 1 is 1.23 bits per heavy atom. The number of hydrogen-bond donors (Lipinski definition) is 1. The molecular weight excluding hydrogens is 566 g/mol. The Morgan fingerprint density at radius 2 is 1.87 bits per heavy atom. The lowest BCUT2D eigenvalue weighted by Crippen LogP contribution is -2.59. The summed E-state index contributed by atoms with van der Waals surface area (Å²) in [4.78, 5) is 46.9. The third-order valence-electron chi connectivity index (χ3n) is 8.46. The maximum Gasteiger partial charge on any atom is 0.312 e. The average molecular weight is 607 g/mol. The molecule has 1 N–H and O–H groups in total. The van der Waals surface area contributed by atoms with E-state index in [1.807, 2.05) is 31.2 Å². The molecule has 1 spiro atoms. The minimum absolute atomic E-state index is 0.180. The number of carbonyl (C=O) groups is 3. The maximum absolute atomic E-state index is 14.6. The lowest BCUT2D eigenvalue weighted by atomic mass is 9.70. The van der Waals surface area contributed by atoms with Gasteiger partial charge < -0.3 is 29.3 Å². The van der Waals surface area contributed by atoms with Gasteiger partial charge in [-0.3, -0.25) is 14.4 Å². The second-order valence-corrected chi connectivity index (χ2v) is 11.5. The van der Waals surface area contributed by atoms with Crippen molar-refractivity contribution in [3.8, 4) is 0 Å². The van der Waals surface area contributed by atoms with Crippen molar-refractivity contribution in [2.45, 2.75) is 69.2 Å². The number of ether oxygens (including phenoxy) is 2. The number of aliphatic hydroxyl groups is 1. The zero-order valence-electron chi connectivity index (χ0n) is 23.2. The first-order chi connectivity index (χ1) is 18.7. The van der Waals surface area contributed by atoms with Gasteiger partial charge in [0.2, 0.25) is 5.91 Å². The lowest BCUT2D eigenvalue weighted by molar-refractivity contribution is -0.155. The molecule has 3 saturated heterocycles. The summed E-state index contributed by atoms with van der Waals surface area (Å²) < 4.78 is 11.9. The molecule has 7 atom stereocenters. The predicted molar refractivity (Wildman–Crippen MR) is 153 cm³/mol. The summed E-state index contributed by atoms with van der Waals surface area (Å²) in [7, 11) is 0. The summed E-state index contributed by atoms with van der Waals surface area (Å²) in [5.41, 5.74) is 0.507. The summed E-state index contributed by atoms with van der Waals surface area (Å²) in [5, 5.41) is 10.3. The Bertz CT molecular complexity index is 1080. The van der Waals surface area contributed by atoms with Gasteiger partial charge in [0.15, 0.2) is 0 Å². The fourth-order valence-corrected chi connectivity index (χ4v) is 7.64. The SMILES string of the molecule is C=CCN(C(=O)[C@H]1N([C@@H](CC)CO)C(=O)[C@@H]2[C@@H](C(=O)OCC)[C@@H]3O[C@@]21CC3Br)c1ccc(N(CC)CC)cc1. The number of benzene rings is 1. The third kappa shape index (κ3) is 4.78. The molecule has 2 amide bonds. The molecule has 3 fully saturated rings. The number of likely N-dealkylation sites (tertiary alicyclic amines) is 1. The molecule has 3 heterocycles. The van der Waals surface area contributed by atoms with E-state index in [0.29, 0.717) is 18.5 Å². The smallest absolute Gasteiger partial charge is 0.312 e. The fourth-order valence-electron chi connectivity index (χ4n) is 6.69. The summed E-state index contributed by atoms with van der Waals surface area (Å²) in [6.45, 7) is 13.5. The Balaban J connectivity index is 1.79. The number of amides is 2. The van der Waals surface area contributed by atoms with Crippen molar-refractivity contribution in [3.63, 3.8) is 0 Å². The maximum atomic E-state index is 14.6. The number of hydrogen-bond acceptors (Lipinski definition) is 7. The third-order valence-corrected chi connectivity index (χ3v) is 9.31. The van der Waals surface area contributed by atoms with Gasteiger partial charge in [0.05, 0.1) is 37.2 Å². The minimum atomic E-state index is -1.21. The summed E-state index contributed by atoms with van der Waals surface area (Å²) in [6.07, 6.45) is 1.91. The van der Waals surface area contributed by atoms with Gasteiger partial charge in [0.25, 0.3) is 5.91 Å². The van der Waals surface area contributed by atoms with E-state index in [0.717, 1.165) is 18.8 Å². The molecule has 0 radical (unpaired) electrons. The van der Waals surface area contributed by atoms with E-state index < -0.39 is 41.6 Å². The second kappa shape index (κ2) is 12.0. The zero-order valence-corrected chi connectivity index (χ0v) is 24.8. The van der Waals surface area contributed by atoms with E-state index >= 15 is 0 Å². The van der Waals surface area contributed by atoms with Crippen molar-refractivity contribution >= 4 is 45.1 Å². The van der Waals surface area contributed by atoms with Gasteiger partial charge in [-0.15, -0.1) is 6.58 Å². The largest absolute Gasteiger partial charge is 0.466 e. The molecule has 1 unspecified atom stereocenters. The summed E-state index contributed by atoms with van der Waals surface area (Å²) >= 11 is 3.66. The highest BCUT2D eigenvalue weighted by Crippen LogP contribution is 2.60. The molecular formula is C29H40BrN3O6. The zero-order chi connectivity index (χ0) is 28.5. The number of aliphatic hydroxyl groups excluding tert-OH is 1. The van der Waals surface area contributed by atoms with Crippen LogP contribution in [0.25, 0.3) is 0 Å². The number of anilines is 2. The van der Waals surface area contributed by atoms with Crippen molar-refractivity contribution in [3.05, 3.63) is 36.9 Å². The topological polar surface area (TPSA) is 99.6 Å². The number of alkyl halides is 1. The van der Waals surface area contributed by atoms with Crippen molar-refractivity contribution < 1.29 is 29.0 Å². The van der Waals surface area contributed by atoms with Crippen molar-refractivity contribution in [2.75, 3.05) is 42.6 Å². The highest BCUT2D eigenvalue weighted by Gasteiger charge is 2.77. The van der Waals surface area contributed by atoms with E-state index in [2.05, 4.69) is 41.3 Å². The molecule has 0 aliphatic carbocycles. The highest BCUT2D eigenvalue weighted by atomic mass is 79.9. The standard InChI is InChI=1S/C29H40BrN3O6/c1-6-15-32(20-13-11-19(12-14-20)31(8-3)9-4)27(36)25-29-16-21(30)24(39-29)22(28(37)38-10-5)23(29)26(35)33(25)18(7-2)17-34/h6,11-14,18,21-25,34H,1,7-10,15-17H2,2-5H3/t18-,21?,22+,23-,24+,25+,29-/m0/s1. The van der Waals surface area contributed by atoms with E-state index in [9.17, 15) is 19.5 Å². The molecule has 9 nitrogen and oxygen atoms in total. The van der Waals surface area contributed by atoms with Gasteiger partial charge in [0.1, 0.15) is 11.6 Å².